The highest BCUT2D eigenvalue weighted by molar-refractivity contribution is 6.23. The molecule has 0 spiro atoms. The number of carbonyl (C=O) groups is 2. The van der Waals surface area contributed by atoms with Gasteiger partial charge in [0.2, 0.25) is 23.1 Å². The molecule has 4 nitrogen and oxygen atoms in total. The van der Waals surface area contributed by atoms with Crippen molar-refractivity contribution in [3.05, 3.63) is 104 Å². The van der Waals surface area contributed by atoms with Gasteiger partial charge in [-0.1, -0.05) is 81.5 Å². The molecule has 0 radical (unpaired) electrons. The first-order valence-electron chi connectivity index (χ1n) is 18.0. The fourth-order valence-corrected chi connectivity index (χ4v) is 5.65. The van der Waals surface area contributed by atoms with Crippen LogP contribution in [0.1, 0.15) is 146 Å². The summed E-state index contributed by atoms with van der Waals surface area (Å²) < 4.78 is 10.3. The number of carbonyl (C=O) groups excluding carboxylic acids is 2. The van der Waals surface area contributed by atoms with E-state index in [2.05, 4.69) is 91.8 Å². The molecule has 0 heterocycles. The molecule has 0 aromatic heterocycles. The summed E-state index contributed by atoms with van der Waals surface area (Å²) in [5, 5.41) is 0. The molecule has 0 fully saturated rings. The highest BCUT2D eigenvalue weighted by Gasteiger charge is 2.34. The lowest BCUT2D eigenvalue weighted by Gasteiger charge is -2.19. The fraction of sp³-hybridized carbons (Fsp3) is 0.545. The van der Waals surface area contributed by atoms with Gasteiger partial charge < -0.3 is 9.47 Å². The highest BCUT2D eigenvalue weighted by atomic mass is 16.5. The lowest BCUT2D eigenvalue weighted by Crippen LogP contribution is -2.24. The molecule has 0 atom stereocenters. The molecule has 1 rings (SSSR count). The van der Waals surface area contributed by atoms with Gasteiger partial charge in [0.05, 0.1) is 14.2 Å². The number of ketones is 2. The third-order valence-electron chi connectivity index (χ3n) is 9.00. The summed E-state index contributed by atoms with van der Waals surface area (Å²) in [5.41, 5.74) is 10.9. The standard InChI is InChI=1S/C44H66O4/c1-32(2)18-12-19-33(3)20-13-21-34(4)22-14-23-35(5)24-15-25-36(6)26-16-27-37(7)28-17-29-38(8)30-31-40-39(9)41(45)43(47-10)44(48-11)42(40)46/h18,20,22,24,26,28,30H,12-17,19,21,23,25,27,29,31H2,1-11H3/b33-20+,34-22+,35-24+,36-26+,37-28+,38-30-. The minimum Gasteiger partial charge on any atom is -0.489 e. The molecule has 0 saturated heterocycles. The Morgan fingerprint density at radius 2 is 0.750 bits per heavy atom. The van der Waals surface area contributed by atoms with E-state index in [0.29, 0.717) is 17.6 Å². The van der Waals surface area contributed by atoms with Crippen molar-refractivity contribution in [2.24, 2.45) is 0 Å². The van der Waals surface area contributed by atoms with Gasteiger partial charge in [0, 0.05) is 11.1 Å². The van der Waals surface area contributed by atoms with Gasteiger partial charge in [0.25, 0.3) is 0 Å². The monoisotopic (exact) mass is 658 g/mol. The Kier molecular flexibility index (Phi) is 21.2. The van der Waals surface area contributed by atoms with Crippen LogP contribution in [0.25, 0.3) is 0 Å². The van der Waals surface area contributed by atoms with Gasteiger partial charge in [-0.3, -0.25) is 9.59 Å². The second-order valence-corrected chi connectivity index (χ2v) is 13.8. The van der Waals surface area contributed by atoms with Crippen molar-refractivity contribution in [2.45, 2.75) is 146 Å². The average molecular weight is 659 g/mol. The molecule has 0 unspecified atom stereocenters. The minimum atomic E-state index is -0.283. The van der Waals surface area contributed by atoms with Crippen LogP contribution >= 0.6 is 0 Å². The number of ether oxygens (including phenoxy) is 2. The van der Waals surface area contributed by atoms with Crippen molar-refractivity contribution in [3.63, 3.8) is 0 Å². The fourth-order valence-electron chi connectivity index (χ4n) is 5.65. The van der Waals surface area contributed by atoms with Crippen molar-refractivity contribution < 1.29 is 19.1 Å². The maximum atomic E-state index is 12.8. The van der Waals surface area contributed by atoms with Crippen LogP contribution in [0.3, 0.4) is 0 Å². The Balaban J connectivity index is 2.37. The normalized spacial score (nSPS) is 15.9. The average Bonchev–Trinajstić information content (AvgIpc) is 3.02. The van der Waals surface area contributed by atoms with E-state index in [1.54, 1.807) is 6.92 Å². The number of Topliss-reactive ketones (excluding diaryl/α,β-unsaturated/α-hetero) is 2. The SMILES string of the molecule is COC1=C(OC)C(=O)C(C/C=C(/C)CC/C=C(\C)CC/C=C(\C)CC/C=C(\C)CC/C=C(\C)CC/C=C(\C)CCC=C(C)C)=C(C)C1=O. The molecule has 0 N–H and O–H groups in total. The van der Waals surface area contributed by atoms with E-state index >= 15 is 0 Å². The van der Waals surface area contributed by atoms with E-state index in [9.17, 15) is 9.59 Å². The first kappa shape index (κ1) is 42.6. The largest absolute Gasteiger partial charge is 0.489 e. The van der Waals surface area contributed by atoms with Crippen LogP contribution in [0, 0.1) is 0 Å². The van der Waals surface area contributed by atoms with Crippen LogP contribution in [0.2, 0.25) is 0 Å². The van der Waals surface area contributed by atoms with Crippen LogP contribution in [0.15, 0.2) is 104 Å². The first-order valence-corrected chi connectivity index (χ1v) is 18.0. The summed E-state index contributed by atoms with van der Waals surface area (Å²) in [7, 11) is 2.77. The van der Waals surface area contributed by atoms with Crippen molar-refractivity contribution in [1.29, 1.82) is 0 Å². The maximum absolute atomic E-state index is 12.8. The summed E-state index contributed by atoms with van der Waals surface area (Å²) >= 11 is 0. The van der Waals surface area contributed by atoms with E-state index < -0.39 is 0 Å². The lowest BCUT2D eigenvalue weighted by molar-refractivity contribution is -0.121. The van der Waals surface area contributed by atoms with E-state index in [-0.39, 0.29) is 23.1 Å². The predicted molar refractivity (Wildman–Crippen MR) is 206 cm³/mol. The van der Waals surface area contributed by atoms with E-state index in [1.807, 2.05) is 6.08 Å². The molecular formula is C44H66O4. The summed E-state index contributed by atoms with van der Waals surface area (Å²) in [6.07, 6.45) is 30.0. The number of methoxy groups -OCH3 is 2. The van der Waals surface area contributed by atoms with E-state index in [1.165, 1.54) is 59.7 Å². The van der Waals surface area contributed by atoms with Gasteiger partial charge in [-0.2, -0.15) is 0 Å². The summed E-state index contributed by atoms with van der Waals surface area (Å²) in [4.78, 5) is 25.4. The molecule has 0 saturated carbocycles. The zero-order valence-corrected chi connectivity index (χ0v) is 32.4. The third-order valence-corrected chi connectivity index (χ3v) is 9.00. The molecule has 0 aromatic carbocycles. The van der Waals surface area contributed by atoms with E-state index in [0.717, 1.165) is 70.6 Å². The topological polar surface area (TPSA) is 52.6 Å². The van der Waals surface area contributed by atoms with Crippen LogP contribution in [0.4, 0.5) is 0 Å². The molecule has 4 heteroatoms. The van der Waals surface area contributed by atoms with Crippen molar-refractivity contribution in [2.75, 3.05) is 14.2 Å². The van der Waals surface area contributed by atoms with E-state index in [4.69, 9.17) is 9.47 Å². The lowest BCUT2D eigenvalue weighted by atomic mass is 9.90. The quantitative estimate of drug-likeness (QED) is 0.0858. The predicted octanol–water partition coefficient (Wildman–Crippen LogP) is 12.7. The van der Waals surface area contributed by atoms with Crippen molar-refractivity contribution in [1.82, 2.24) is 0 Å². The second kappa shape index (κ2) is 23.8. The zero-order valence-electron chi connectivity index (χ0n) is 32.4. The smallest absolute Gasteiger partial charge is 0.228 e. The van der Waals surface area contributed by atoms with Gasteiger partial charge in [-0.05, 0) is 146 Å². The molecule has 0 aromatic rings. The first-order chi connectivity index (χ1) is 22.8. The Bertz CT molecular complexity index is 1360. The highest BCUT2D eigenvalue weighted by Crippen LogP contribution is 2.28. The minimum absolute atomic E-state index is 0.00623. The maximum Gasteiger partial charge on any atom is 0.228 e. The van der Waals surface area contributed by atoms with Gasteiger partial charge in [-0.25, -0.2) is 0 Å². The third kappa shape index (κ3) is 17.1. The number of hydrogen-bond donors (Lipinski definition) is 0. The zero-order chi connectivity index (χ0) is 36.1. The Labute approximate surface area is 294 Å². The number of rotatable bonds is 22. The summed E-state index contributed by atoms with van der Waals surface area (Å²) in [6.45, 7) is 19.4. The Morgan fingerprint density at radius 1 is 0.458 bits per heavy atom. The molecule has 0 amide bonds. The van der Waals surface area contributed by atoms with Crippen LogP contribution < -0.4 is 0 Å². The van der Waals surface area contributed by atoms with Gasteiger partial charge >= 0.3 is 0 Å². The Morgan fingerprint density at radius 3 is 1.06 bits per heavy atom. The molecule has 266 valence electrons. The number of hydrogen-bond acceptors (Lipinski definition) is 4. The van der Waals surface area contributed by atoms with Gasteiger partial charge in [0.1, 0.15) is 0 Å². The molecule has 48 heavy (non-hydrogen) atoms. The van der Waals surface area contributed by atoms with Gasteiger partial charge in [-0.15, -0.1) is 0 Å². The van der Waals surface area contributed by atoms with Crippen LogP contribution in [0.5, 0.6) is 0 Å². The number of allylic oxidation sites excluding steroid dienone is 16. The Hall–Kier alpha value is -3.40. The van der Waals surface area contributed by atoms with Gasteiger partial charge in [0.15, 0.2) is 0 Å². The molecule has 1 aliphatic carbocycles. The molecule has 1 aliphatic rings. The summed E-state index contributed by atoms with van der Waals surface area (Å²) in [6, 6.07) is 0. The van der Waals surface area contributed by atoms with Crippen LogP contribution in [-0.4, -0.2) is 25.8 Å². The van der Waals surface area contributed by atoms with Crippen molar-refractivity contribution in [3.8, 4) is 0 Å². The van der Waals surface area contributed by atoms with Crippen LogP contribution in [-0.2, 0) is 19.1 Å². The molecular weight excluding hydrogens is 592 g/mol. The summed E-state index contributed by atoms with van der Waals surface area (Å²) in [5.74, 6) is -0.570. The molecule has 0 bridgehead atoms. The molecule has 0 aliphatic heterocycles. The van der Waals surface area contributed by atoms with Crippen molar-refractivity contribution >= 4 is 11.6 Å². The second-order valence-electron chi connectivity index (χ2n) is 13.8.